The summed E-state index contributed by atoms with van der Waals surface area (Å²) >= 11 is 3.26. The van der Waals surface area contributed by atoms with E-state index in [0.717, 1.165) is 4.47 Å². The van der Waals surface area contributed by atoms with Crippen LogP contribution in [0.15, 0.2) is 28.7 Å². The molecule has 1 aromatic carbocycles. The molecule has 1 aromatic rings. The van der Waals surface area contributed by atoms with Crippen molar-refractivity contribution in [3.8, 4) is 0 Å². The maximum atomic E-state index is 11.6. The van der Waals surface area contributed by atoms with Gasteiger partial charge in [0.15, 0.2) is 5.78 Å². The van der Waals surface area contributed by atoms with E-state index in [1.807, 2.05) is 6.07 Å². The lowest BCUT2D eigenvalue weighted by Gasteiger charge is -2.05. The molecule has 1 N–H and O–H groups in total. The van der Waals surface area contributed by atoms with E-state index in [2.05, 4.69) is 15.9 Å². The largest absolute Gasteiger partial charge is 0.481 e. The molecule has 0 fully saturated rings. The number of hydrogen-bond donors (Lipinski definition) is 1. The summed E-state index contributed by atoms with van der Waals surface area (Å²) in [5.41, 5.74) is 0.539. The number of Topliss-reactive ketones (excluding diaryl/α,β-unsaturated/α-hetero) is 1. The lowest BCUT2D eigenvalue weighted by atomic mass is 10.0. The summed E-state index contributed by atoms with van der Waals surface area (Å²) in [5.74, 6) is -1.74. The van der Waals surface area contributed by atoms with Crippen molar-refractivity contribution >= 4 is 27.7 Å². The molecule has 1 atom stereocenters. The number of carbonyl (C=O) groups excluding carboxylic acids is 1. The summed E-state index contributed by atoms with van der Waals surface area (Å²) in [6.45, 7) is 1.53. The zero-order valence-electron chi connectivity index (χ0n) is 8.24. The number of carbonyl (C=O) groups is 2. The Kier molecular flexibility index (Phi) is 4.03. The Hall–Kier alpha value is -1.16. The lowest BCUT2D eigenvalue weighted by Crippen LogP contribution is -2.14. The molecule has 1 rings (SSSR count). The predicted octanol–water partition coefficient (Wildman–Crippen LogP) is 2.74. The van der Waals surface area contributed by atoms with Crippen LogP contribution in [0, 0.1) is 5.92 Å². The quantitative estimate of drug-likeness (QED) is 0.856. The molecule has 0 aliphatic heterocycles. The molecular formula is C11H11BrO3. The first-order valence-electron chi connectivity index (χ1n) is 4.52. The van der Waals surface area contributed by atoms with E-state index in [1.165, 1.54) is 6.92 Å². The van der Waals surface area contributed by atoms with Gasteiger partial charge < -0.3 is 5.11 Å². The van der Waals surface area contributed by atoms with Crippen LogP contribution in [0.2, 0.25) is 0 Å². The van der Waals surface area contributed by atoms with Crippen LogP contribution in [0.5, 0.6) is 0 Å². The Morgan fingerprint density at radius 3 is 2.67 bits per heavy atom. The number of rotatable bonds is 4. The van der Waals surface area contributed by atoms with E-state index >= 15 is 0 Å². The summed E-state index contributed by atoms with van der Waals surface area (Å²) in [7, 11) is 0. The highest BCUT2D eigenvalue weighted by molar-refractivity contribution is 9.10. The molecular weight excluding hydrogens is 260 g/mol. The molecule has 0 saturated heterocycles. The van der Waals surface area contributed by atoms with Gasteiger partial charge in [0.1, 0.15) is 0 Å². The molecule has 0 heterocycles. The third-order valence-corrected chi connectivity index (χ3v) is 2.55. The van der Waals surface area contributed by atoms with Gasteiger partial charge in [-0.1, -0.05) is 35.0 Å². The van der Waals surface area contributed by atoms with E-state index in [4.69, 9.17) is 5.11 Å². The monoisotopic (exact) mass is 270 g/mol. The van der Waals surface area contributed by atoms with Crippen LogP contribution >= 0.6 is 15.9 Å². The van der Waals surface area contributed by atoms with Gasteiger partial charge in [-0.25, -0.2) is 0 Å². The van der Waals surface area contributed by atoms with Gasteiger partial charge in [-0.2, -0.15) is 0 Å². The highest BCUT2D eigenvalue weighted by atomic mass is 79.9. The van der Waals surface area contributed by atoms with Gasteiger partial charge in [0.2, 0.25) is 0 Å². The SMILES string of the molecule is C[C@H](CC(=O)c1cccc(Br)c1)C(=O)O. The predicted molar refractivity (Wildman–Crippen MR) is 59.9 cm³/mol. The highest BCUT2D eigenvalue weighted by Gasteiger charge is 2.16. The number of halogens is 1. The van der Waals surface area contributed by atoms with Gasteiger partial charge in [0.25, 0.3) is 0 Å². The molecule has 0 unspecified atom stereocenters. The summed E-state index contributed by atoms with van der Waals surface area (Å²) in [6.07, 6.45) is 0.0335. The molecule has 80 valence electrons. The average Bonchev–Trinajstić information content (AvgIpc) is 2.17. The Bertz CT molecular complexity index is 387. The van der Waals surface area contributed by atoms with Gasteiger partial charge in [-0.3, -0.25) is 9.59 Å². The van der Waals surface area contributed by atoms with Gasteiger partial charge in [-0.15, -0.1) is 0 Å². The third kappa shape index (κ3) is 3.47. The van der Waals surface area contributed by atoms with Gasteiger partial charge >= 0.3 is 5.97 Å². The molecule has 3 nitrogen and oxygen atoms in total. The number of carboxylic acids is 1. The van der Waals surface area contributed by atoms with Crippen molar-refractivity contribution in [1.82, 2.24) is 0 Å². The molecule has 4 heteroatoms. The summed E-state index contributed by atoms with van der Waals surface area (Å²) in [4.78, 5) is 22.2. The topological polar surface area (TPSA) is 54.4 Å². The molecule has 0 aliphatic rings. The molecule has 0 spiro atoms. The molecule has 0 bridgehead atoms. The smallest absolute Gasteiger partial charge is 0.306 e. The minimum atomic E-state index is -0.946. The van der Waals surface area contributed by atoms with Crippen LogP contribution in [0.25, 0.3) is 0 Å². The van der Waals surface area contributed by atoms with E-state index in [1.54, 1.807) is 18.2 Å². The van der Waals surface area contributed by atoms with Crippen LogP contribution in [0.1, 0.15) is 23.7 Å². The summed E-state index contributed by atoms with van der Waals surface area (Å²) < 4.78 is 0.816. The summed E-state index contributed by atoms with van der Waals surface area (Å²) in [5, 5.41) is 8.67. The first-order valence-corrected chi connectivity index (χ1v) is 5.31. The molecule has 0 radical (unpaired) electrons. The normalized spacial score (nSPS) is 12.1. The second kappa shape index (κ2) is 5.07. The highest BCUT2D eigenvalue weighted by Crippen LogP contribution is 2.15. The lowest BCUT2D eigenvalue weighted by molar-refractivity contribution is -0.141. The Morgan fingerprint density at radius 2 is 2.13 bits per heavy atom. The fourth-order valence-electron chi connectivity index (χ4n) is 1.15. The minimum absolute atomic E-state index is 0.0335. The van der Waals surface area contributed by atoms with Crippen LogP contribution in [-0.2, 0) is 4.79 Å². The van der Waals surface area contributed by atoms with Crippen molar-refractivity contribution in [2.75, 3.05) is 0 Å². The fourth-order valence-corrected chi connectivity index (χ4v) is 1.54. The Morgan fingerprint density at radius 1 is 1.47 bits per heavy atom. The fraction of sp³-hybridized carbons (Fsp3) is 0.273. The van der Waals surface area contributed by atoms with Gasteiger partial charge in [0.05, 0.1) is 5.92 Å². The van der Waals surface area contributed by atoms with E-state index in [-0.39, 0.29) is 12.2 Å². The standard InChI is InChI=1S/C11H11BrO3/c1-7(11(14)15)5-10(13)8-3-2-4-9(12)6-8/h2-4,6-7H,5H2,1H3,(H,14,15)/t7-/m1/s1. The van der Waals surface area contributed by atoms with Crippen LogP contribution < -0.4 is 0 Å². The number of aliphatic carboxylic acids is 1. The Balaban J connectivity index is 2.73. The van der Waals surface area contributed by atoms with E-state index in [9.17, 15) is 9.59 Å². The summed E-state index contributed by atoms with van der Waals surface area (Å²) in [6, 6.07) is 6.94. The third-order valence-electron chi connectivity index (χ3n) is 2.06. The average molecular weight is 271 g/mol. The van der Waals surface area contributed by atoms with Crippen molar-refractivity contribution in [2.24, 2.45) is 5.92 Å². The maximum absolute atomic E-state index is 11.6. The van der Waals surface area contributed by atoms with Gasteiger partial charge in [0, 0.05) is 16.5 Å². The second-order valence-electron chi connectivity index (χ2n) is 3.38. The van der Waals surface area contributed by atoms with Gasteiger partial charge in [-0.05, 0) is 12.1 Å². The van der Waals surface area contributed by atoms with Crippen molar-refractivity contribution in [3.63, 3.8) is 0 Å². The maximum Gasteiger partial charge on any atom is 0.306 e. The molecule has 0 amide bonds. The number of ketones is 1. The zero-order valence-corrected chi connectivity index (χ0v) is 9.82. The molecule has 0 aliphatic carbocycles. The van der Waals surface area contributed by atoms with Crippen molar-refractivity contribution in [3.05, 3.63) is 34.3 Å². The molecule has 0 aromatic heterocycles. The minimum Gasteiger partial charge on any atom is -0.481 e. The van der Waals surface area contributed by atoms with Crippen molar-refractivity contribution < 1.29 is 14.7 Å². The number of carboxylic acid groups (broad SMARTS) is 1. The first-order chi connectivity index (χ1) is 7.00. The first kappa shape index (κ1) is 11.9. The van der Waals surface area contributed by atoms with E-state index in [0.29, 0.717) is 5.56 Å². The van der Waals surface area contributed by atoms with E-state index < -0.39 is 11.9 Å². The molecule has 15 heavy (non-hydrogen) atoms. The Labute approximate surface area is 96.2 Å². The van der Waals surface area contributed by atoms with Crippen molar-refractivity contribution in [2.45, 2.75) is 13.3 Å². The molecule has 0 saturated carbocycles. The van der Waals surface area contributed by atoms with Crippen molar-refractivity contribution in [1.29, 1.82) is 0 Å². The zero-order chi connectivity index (χ0) is 11.4. The van der Waals surface area contributed by atoms with Crippen LogP contribution in [-0.4, -0.2) is 16.9 Å². The van der Waals surface area contributed by atoms with Crippen LogP contribution in [0.4, 0.5) is 0 Å². The number of benzene rings is 1. The number of hydrogen-bond acceptors (Lipinski definition) is 2. The van der Waals surface area contributed by atoms with Crippen LogP contribution in [0.3, 0.4) is 0 Å². The second-order valence-corrected chi connectivity index (χ2v) is 4.29.